The molecule has 26 heavy (non-hydrogen) atoms. The van der Waals surface area contributed by atoms with E-state index in [1.54, 1.807) is 0 Å². The van der Waals surface area contributed by atoms with Gasteiger partial charge in [-0.3, -0.25) is 4.79 Å². The summed E-state index contributed by atoms with van der Waals surface area (Å²) in [6, 6.07) is 15.8. The second-order valence-corrected chi connectivity index (χ2v) is 6.43. The average molecular weight is 348 g/mol. The molecule has 1 aliphatic rings. The van der Waals surface area contributed by atoms with E-state index in [2.05, 4.69) is 15.5 Å². The van der Waals surface area contributed by atoms with Crippen molar-refractivity contribution in [1.29, 1.82) is 0 Å². The number of nitrogens with zero attached hydrogens (tertiary/aromatic N) is 3. The Kier molecular flexibility index (Phi) is 4.39. The summed E-state index contributed by atoms with van der Waals surface area (Å²) in [6.07, 6.45) is 1.57. The fraction of sp³-hybridized carbons (Fsp3) is 0.250. The van der Waals surface area contributed by atoms with Gasteiger partial charge in [-0.1, -0.05) is 35.0 Å². The van der Waals surface area contributed by atoms with Gasteiger partial charge in [0.15, 0.2) is 0 Å². The van der Waals surface area contributed by atoms with E-state index in [-0.39, 0.29) is 5.91 Å². The lowest BCUT2D eigenvalue weighted by molar-refractivity contribution is -0.117. The van der Waals surface area contributed by atoms with Gasteiger partial charge in [-0.2, -0.15) is 4.98 Å². The number of anilines is 2. The first-order chi connectivity index (χ1) is 12.7. The third-order valence-electron chi connectivity index (χ3n) is 4.47. The molecule has 3 aromatic rings. The Balaban J connectivity index is 1.38. The van der Waals surface area contributed by atoms with Gasteiger partial charge >= 0.3 is 0 Å². The summed E-state index contributed by atoms with van der Waals surface area (Å²) in [7, 11) is 0. The number of carbonyl (C=O) groups excluding carboxylic acids is 1. The number of aryl methyl sites for hydroxylation is 1. The minimum absolute atomic E-state index is 0.195. The molecule has 0 unspecified atom stereocenters. The molecule has 1 N–H and O–H groups in total. The third kappa shape index (κ3) is 3.44. The number of nitrogens with one attached hydrogen (secondary N) is 1. The lowest BCUT2D eigenvalue weighted by atomic mass is 10.1. The van der Waals surface area contributed by atoms with Crippen LogP contribution in [0.2, 0.25) is 0 Å². The van der Waals surface area contributed by atoms with Crippen LogP contribution < -0.4 is 10.2 Å². The monoisotopic (exact) mass is 348 g/mol. The minimum Gasteiger partial charge on any atom is -0.376 e. The highest BCUT2D eigenvalue weighted by Crippen LogP contribution is 2.23. The van der Waals surface area contributed by atoms with Crippen molar-refractivity contribution in [2.45, 2.75) is 26.3 Å². The summed E-state index contributed by atoms with van der Waals surface area (Å²) in [5, 5.41) is 7.30. The van der Waals surface area contributed by atoms with Gasteiger partial charge in [0.2, 0.25) is 17.6 Å². The number of hydrogen-bond acceptors (Lipinski definition) is 5. The number of aromatic nitrogens is 2. The maximum absolute atomic E-state index is 11.8. The van der Waals surface area contributed by atoms with E-state index in [0.717, 1.165) is 29.9 Å². The van der Waals surface area contributed by atoms with Crippen LogP contribution in [0.5, 0.6) is 0 Å². The molecule has 0 bridgehead atoms. The van der Waals surface area contributed by atoms with Gasteiger partial charge in [0, 0.05) is 29.9 Å². The fourth-order valence-corrected chi connectivity index (χ4v) is 3.00. The van der Waals surface area contributed by atoms with Gasteiger partial charge in [0.1, 0.15) is 0 Å². The van der Waals surface area contributed by atoms with E-state index < -0.39 is 0 Å². The van der Waals surface area contributed by atoms with Crippen LogP contribution in [-0.4, -0.2) is 22.6 Å². The van der Waals surface area contributed by atoms with Crippen LogP contribution in [0.4, 0.5) is 11.4 Å². The van der Waals surface area contributed by atoms with Crippen molar-refractivity contribution in [2.75, 3.05) is 16.8 Å². The van der Waals surface area contributed by atoms with E-state index in [9.17, 15) is 4.79 Å². The first-order valence-corrected chi connectivity index (χ1v) is 8.73. The van der Waals surface area contributed by atoms with Crippen molar-refractivity contribution in [2.24, 2.45) is 0 Å². The molecular formula is C20H20N4O2. The van der Waals surface area contributed by atoms with Gasteiger partial charge in [0.25, 0.3) is 0 Å². The highest BCUT2D eigenvalue weighted by atomic mass is 16.5. The molecule has 0 spiro atoms. The molecule has 132 valence electrons. The van der Waals surface area contributed by atoms with Crippen LogP contribution in [0.3, 0.4) is 0 Å². The lowest BCUT2D eigenvalue weighted by Gasteiger charge is -2.16. The van der Waals surface area contributed by atoms with E-state index in [4.69, 9.17) is 4.52 Å². The Morgan fingerprint density at radius 1 is 1.12 bits per heavy atom. The predicted octanol–water partition coefficient (Wildman–Crippen LogP) is 3.78. The van der Waals surface area contributed by atoms with Gasteiger partial charge in [-0.05, 0) is 37.6 Å². The second kappa shape index (κ2) is 7.00. The van der Waals surface area contributed by atoms with Gasteiger partial charge in [-0.15, -0.1) is 0 Å². The maximum atomic E-state index is 11.8. The molecule has 6 nitrogen and oxygen atoms in total. The molecule has 6 heteroatoms. The molecule has 1 amide bonds. The number of hydrogen-bond donors (Lipinski definition) is 1. The van der Waals surface area contributed by atoms with Crippen LogP contribution in [0, 0.1) is 6.92 Å². The molecule has 1 saturated heterocycles. The highest BCUT2D eigenvalue weighted by Gasteiger charge is 2.21. The normalized spacial score (nSPS) is 14.0. The zero-order chi connectivity index (χ0) is 17.9. The van der Waals surface area contributed by atoms with Crippen molar-refractivity contribution in [3.8, 4) is 11.4 Å². The summed E-state index contributed by atoms with van der Waals surface area (Å²) < 4.78 is 5.31. The standard InChI is InChI=1S/C20H20N4O2/c1-14-4-6-15(7-5-14)20-22-18(26-23-20)13-21-16-8-10-17(11-9-16)24-12-2-3-19(24)25/h4-11,21H,2-3,12-13H2,1H3. The van der Waals surface area contributed by atoms with Crippen LogP contribution in [0.25, 0.3) is 11.4 Å². The number of rotatable bonds is 5. The van der Waals surface area contributed by atoms with E-state index >= 15 is 0 Å². The first-order valence-electron chi connectivity index (χ1n) is 8.73. The maximum Gasteiger partial charge on any atom is 0.246 e. The minimum atomic E-state index is 0.195. The Bertz CT molecular complexity index is 900. The molecule has 1 fully saturated rings. The summed E-state index contributed by atoms with van der Waals surface area (Å²) in [6.45, 7) is 3.29. The quantitative estimate of drug-likeness (QED) is 0.760. The Labute approximate surface area is 151 Å². The highest BCUT2D eigenvalue weighted by molar-refractivity contribution is 5.95. The van der Waals surface area contributed by atoms with Crippen molar-refractivity contribution >= 4 is 17.3 Å². The molecule has 0 atom stereocenters. The van der Waals surface area contributed by atoms with Crippen LogP contribution in [0.1, 0.15) is 24.3 Å². The molecule has 0 radical (unpaired) electrons. The predicted molar refractivity (Wildman–Crippen MR) is 99.8 cm³/mol. The van der Waals surface area contributed by atoms with Crippen LogP contribution >= 0.6 is 0 Å². The van der Waals surface area contributed by atoms with Crippen LogP contribution in [0.15, 0.2) is 53.1 Å². The number of carbonyl (C=O) groups is 1. The number of benzene rings is 2. The molecule has 2 aromatic carbocycles. The van der Waals surface area contributed by atoms with Crippen molar-refractivity contribution in [1.82, 2.24) is 10.1 Å². The van der Waals surface area contributed by atoms with E-state index in [1.807, 2.05) is 60.4 Å². The zero-order valence-electron chi connectivity index (χ0n) is 14.6. The summed E-state index contributed by atoms with van der Waals surface area (Å²) in [5.41, 5.74) is 4.01. The fourth-order valence-electron chi connectivity index (χ4n) is 3.00. The lowest BCUT2D eigenvalue weighted by Crippen LogP contribution is -2.23. The molecular weight excluding hydrogens is 328 g/mol. The largest absolute Gasteiger partial charge is 0.376 e. The van der Waals surface area contributed by atoms with Crippen LogP contribution in [-0.2, 0) is 11.3 Å². The van der Waals surface area contributed by atoms with E-state index in [0.29, 0.717) is 24.7 Å². The van der Waals surface area contributed by atoms with Gasteiger partial charge < -0.3 is 14.7 Å². The summed E-state index contributed by atoms with van der Waals surface area (Å²) in [4.78, 5) is 18.0. The number of amides is 1. The Morgan fingerprint density at radius 2 is 1.88 bits per heavy atom. The Hall–Kier alpha value is -3.15. The van der Waals surface area contributed by atoms with E-state index in [1.165, 1.54) is 5.56 Å². The van der Waals surface area contributed by atoms with Gasteiger partial charge in [0.05, 0.1) is 6.54 Å². The third-order valence-corrected chi connectivity index (χ3v) is 4.47. The average Bonchev–Trinajstić information content (AvgIpc) is 3.30. The molecule has 1 aliphatic heterocycles. The molecule has 4 rings (SSSR count). The SMILES string of the molecule is Cc1ccc(-c2noc(CNc3ccc(N4CCCC4=O)cc3)n2)cc1. The molecule has 1 aromatic heterocycles. The van der Waals surface area contributed by atoms with Crippen molar-refractivity contribution in [3.63, 3.8) is 0 Å². The van der Waals surface area contributed by atoms with Crippen molar-refractivity contribution < 1.29 is 9.32 Å². The molecule has 0 saturated carbocycles. The Morgan fingerprint density at radius 3 is 2.58 bits per heavy atom. The van der Waals surface area contributed by atoms with Crippen molar-refractivity contribution in [3.05, 3.63) is 60.0 Å². The second-order valence-electron chi connectivity index (χ2n) is 6.43. The molecule has 2 heterocycles. The smallest absolute Gasteiger partial charge is 0.246 e. The topological polar surface area (TPSA) is 71.3 Å². The summed E-state index contributed by atoms with van der Waals surface area (Å²) >= 11 is 0. The molecule has 0 aliphatic carbocycles. The first kappa shape index (κ1) is 16.3. The van der Waals surface area contributed by atoms with Gasteiger partial charge in [-0.25, -0.2) is 0 Å². The summed E-state index contributed by atoms with van der Waals surface area (Å²) in [5.74, 6) is 1.31. The zero-order valence-corrected chi connectivity index (χ0v) is 14.6.